The molecule has 0 radical (unpaired) electrons. The Balaban J connectivity index is 0.890. The number of imidazole rings is 3. The lowest BCUT2D eigenvalue weighted by atomic mass is 9.95. The zero-order valence-electron chi connectivity index (χ0n) is 39.9. The summed E-state index contributed by atoms with van der Waals surface area (Å²) in [5.41, 5.74) is 14.1. The maximum Gasteiger partial charge on any atom is 0.488 e. The number of nitrogens with two attached hydrogens (primary N) is 3. The fourth-order valence-electron chi connectivity index (χ4n) is 9.19. The molecule has 6 aromatic rings. The van der Waals surface area contributed by atoms with Gasteiger partial charge in [-0.2, -0.15) is 9.29 Å². The lowest BCUT2D eigenvalue weighted by Gasteiger charge is -2.28. The first kappa shape index (κ1) is 57.0. The van der Waals surface area contributed by atoms with Crippen molar-refractivity contribution in [3.8, 4) is 0 Å². The molecule has 3 saturated heterocycles. The number of rotatable bonds is 21. The molecule has 0 aromatic carbocycles. The van der Waals surface area contributed by atoms with Crippen molar-refractivity contribution in [1.82, 2.24) is 53.6 Å². The first-order valence-corrected chi connectivity index (χ1v) is 29.6. The van der Waals surface area contributed by atoms with E-state index in [0.717, 1.165) is 30.7 Å². The van der Waals surface area contributed by atoms with Crippen LogP contribution in [0.4, 0.5) is 17.7 Å². The molecule has 16 atom stereocenters. The molecule has 15 N–H and O–H groups in total. The van der Waals surface area contributed by atoms with E-state index in [-0.39, 0.29) is 64.2 Å². The molecule has 37 nitrogen and oxygen atoms in total. The van der Waals surface area contributed by atoms with Crippen LogP contribution in [0, 0.1) is 5.92 Å². The van der Waals surface area contributed by atoms with Crippen LogP contribution in [-0.2, 0) is 78.4 Å². The number of aromatic nitrogens is 12. The van der Waals surface area contributed by atoms with Crippen molar-refractivity contribution in [2.75, 3.05) is 57.8 Å². The summed E-state index contributed by atoms with van der Waals surface area (Å²) in [5.74, 6) is -1.46. The highest BCUT2D eigenvalue weighted by molar-refractivity contribution is 8.08. The summed E-state index contributed by atoms with van der Waals surface area (Å²) in [4.78, 5) is 98.1. The Kier molecular flexibility index (Phi) is 16.1. The summed E-state index contributed by atoms with van der Waals surface area (Å²) in [5, 5.41) is 33.4. The number of hydrogen-bond acceptors (Lipinski definition) is 28. The van der Waals surface area contributed by atoms with Gasteiger partial charge in [-0.3, -0.25) is 42.3 Å². The van der Waals surface area contributed by atoms with Crippen LogP contribution < -0.4 is 32.9 Å². The first-order valence-electron chi connectivity index (χ1n) is 22.3. The fraction of sp³-hybridized carbons (Fsp3) is 0.571. The van der Waals surface area contributed by atoms with Gasteiger partial charge in [-0.05, 0) is 18.2 Å². The number of methoxy groups -OCH3 is 2. The topological polar surface area (TPSA) is 525 Å². The number of aryl methyl sites for hydroxylation is 1. The van der Waals surface area contributed by atoms with Crippen molar-refractivity contribution in [3.63, 3.8) is 0 Å². The number of ether oxygens (including phenoxy) is 5. The van der Waals surface area contributed by atoms with E-state index in [4.69, 9.17) is 66.3 Å². The van der Waals surface area contributed by atoms with Crippen LogP contribution >= 0.6 is 30.0 Å². The largest absolute Gasteiger partial charge is 0.488 e. The number of phosphoric ester groups is 1. The van der Waals surface area contributed by atoms with Gasteiger partial charge in [-0.25, -0.2) is 37.9 Å². The molecule has 0 amide bonds. The number of aliphatic hydroxyl groups excluding tert-OH is 3. The third-order valence-electron chi connectivity index (χ3n) is 12.6. The molecule has 6 aromatic heterocycles. The summed E-state index contributed by atoms with van der Waals surface area (Å²) >= 11 is 4.94. The molecule has 4 unspecified atom stereocenters. The molecular formula is C35H50N15O22P4S+. The first-order chi connectivity index (χ1) is 36.2. The average molecular weight is 1190 g/mol. The smallest absolute Gasteiger partial charge is 0.387 e. The minimum Gasteiger partial charge on any atom is -0.387 e. The number of anilines is 3. The molecule has 77 heavy (non-hydrogen) atoms. The minimum atomic E-state index is -5.98. The summed E-state index contributed by atoms with van der Waals surface area (Å²) < 4.78 is 100.0. The Morgan fingerprint density at radius 3 is 2.12 bits per heavy atom. The predicted molar refractivity (Wildman–Crippen MR) is 259 cm³/mol. The SMILES string of the molecule is COCC[C@H]1[C@@H](O)[C@H]([n+]2cn(C)c3c(=O)[nH]c(N)nc32)O[C@@H]1COP(O)(=S)OP(=O)(O)OP(=O)(O)OC[C@H]1O[C@@H](n2cnc3c(N)ncnc32)[C@H](OC)[C@@H]1P(=O)(O)OC[C@H]1O[C@@H](n2cnc3c(=O)[nH]c(N)nc32)[C@H](O)[C@@H]1O. The van der Waals surface area contributed by atoms with Gasteiger partial charge in [0, 0.05) is 26.7 Å². The van der Waals surface area contributed by atoms with E-state index >= 15 is 0 Å². The molecule has 3 fully saturated rings. The third kappa shape index (κ3) is 11.4. The molecule has 3 aliphatic heterocycles. The summed E-state index contributed by atoms with van der Waals surface area (Å²) in [6.07, 6.45) is -10.5. The summed E-state index contributed by atoms with van der Waals surface area (Å²) in [6.45, 7) is -7.78. The Morgan fingerprint density at radius 2 is 1.40 bits per heavy atom. The highest BCUT2D eigenvalue weighted by atomic mass is 32.5. The number of nitrogen functional groups attached to an aromatic ring is 3. The number of H-pyrrole nitrogens is 2. The molecule has 0 spiro atoms. The van der Waals surface area contributed by atoms with Crippen LogP contribution in [0.1, 0.15) is 25.1 Å². The molecule has 9 rings (SSSR count). The van der Waals surface area contributed by atoms with Gasteiger partial charge in [0.1, 0.15) is 54.1 Å². The number of hydrogen-bond donors (Lipinski definition) is 12. The maximum absolute atomic E-state index is 14.5. The summed E-state index contributed by atoms with van der Waals surface area (Å²) in [6, 6.07) is 0. The van der Waals surface area contributed by atoms with Crippen LogP contribution in [0.2, 0.25) is 0 Å². The van der Waals surface area contributed by atoms with Gasteiger partial charge < -0.3 is 84.8 Å². The molecule has 422 valence electrons. The van der Waals surface area contributed by atoms with Gasteiger partial charge in [0.25, 0.3) is 17.1 Å². The molecule has 3 aliphatic rings. The Labute approximate surface area is 434 Å². The quantitative estimate of drug-likeness (QED) is 0.0249. The Morgan fingerprint density at radius 1 is 0.753 bits per heavy atom. The molecular weight excluding hydrogens is 1140 g/mol. The predicted octanol–water partition coefficient (Wildman–Crippen LogP) is -3.23. The number of nitrogens with one attached hydrogen (secondary N) is 2. The number of nitrogens with zero attached hydrogens (tertiary/aromatic N) is 10. The van der Waals surface area contributed by atoms with E-state index in [1.807, 2.05) is 0 Å². The van der Waals surface area contributed by atoms with E-state index < -0.39 is 134 Å². The second-order valence-corrected chi connectivity index (χ2v) is 25.4. The van der Waals surface area contributed by atoms with Crippen molar-refractivity contribution < 1.29 is 99.0 Å². The minimum absolute atomic E-state index is 0.0215. The van der Waals surface area contributed by atoms with E-state index in [9.17, 15) is 58.2 Å². The second-order valence-electron chi connectivity index (χ2n) is 17.4. The normalized spacial score (nSPS) is 30.0. The zero-order valence-corrected chi connectivity index (χ0v) is 44.3. The number of phosphoric acid groups is 2. The standard InChI is InChI=1S/C35H49N15O22P4S/c1-47-12-50(28-19(47)30(55)46-35(38)44-28)31-20(51)13(4-5-63-2)14(68-31)6-67-76(62,77)72-75(60,61)71-74(58,59)66-8-16-24(23(64-3)33(70-16)48-10-41-17-25(36)39-9-40-26(17)48)73(56,57)65-7-15-21(52)22(53)32(69-15)49-11-42-18-27(49)43-34(37)45-29(18)54/h9-16,20-24,31-33,51-53H,4-8H2,1-3H3,(H11-,36,37,38,39,40,43,44,45,46,54,55,56,57,58,59,60,61,62,77)/p+1/t13-,14-,15-,16-,20-,21-,22-,23-,24-,31-,32-,33-,76?/m1/s1. The van der Waals surface area contributed by atoms with Crippen LogP contribution in [0.25, 0.3) is 33.5 Å². The van der Waals surface area contributed by atoms with Crippen molar-refractivity contribution >= 4 is 93.0 Å². The highest BCUT2D eigenvalue weighted by Crippen LogP contribution is 2.68. The monoisotopic (exact) mass is 1190 g/mol. The van der Waals surface area contributed by atoms with Crippen molar-refractivity contribution in [2.24, 2.45) is 13.0 Å². The lowest BCUT2D eigenvalue weighted by Crippen LogP contribution is -2.45. The number of aromatic amines is 2. The number of fused-ring (bicyclic) bond motifs is 3. The van der Waals surface area contributed by atoms with Gasteiger partial charge in [0.2, 0.25) is 17.7 Å². The lowest BCUT2D eigenvalue weighted by molar-refractivity contribution is -0.745. The molecule has 42 heteroatoms. The van der Waals surface area contributed by atoms with E-state index in [0.29, 0.717) is 0 Å². The number of aliphatic hydroxyl groups is 3. The molecule has 9 heterocycles. The highest BCUT2D eigenvalue weighted by Gasteiger charge is 2.58. The van der Waals surface area contributed by atoms with E-state index in [2.05, 4.69) is 48.5 Å². The van der Waals surface area contributed by atoms with Gasteiger partial charge in [-0.15, -0.1) is 0 Å². The van der Waals surface area contributed by atoms with Crippen molar-refractivity contribution in [3.05, 3.63) is 46.0 Å². The third-order valence-corrected chi connectivity index (χ3v) is 19.6. The van der Waals surface area contributed by atoms with E-state index in [1.165, 1.54) is 34.2 Å². The molecule has 0 saturated carbocycles. The van der Waals surface area contributed by atoms with E-state index in [1.54, 1.807) is 0 Å². The zero-order chi connectivity index (χ0) is 55.7. The van der Waals surface area contributed by atoms with Crippen molar-refractivity contribution in [2.45, 2.75) is 73.5 Å². The average Bonchev–Trinajstić information content (AvgIpc) is 4.20. The molecule has 0 bridgehead atoms. The van der Waals surface area contributed by atoms with Crippen molar-refractivity contribution in [1.29, 1.82) is 0 Å². The van der Waals surface area contributed by atoms with Gasteiger partial charge in [0.05, 0.1) is 45.6 Å². The van der Waals surface area contributed by atoms with Gasteiger partial charge in [0.15, 0.2) is 41.4 Å². The Hall–Kier alpha value is -4.69. The molecule has 0 aliphatic carbocycles. The fourth-order valence-corrected chi connectivity index (χ4v) is 15.4. The maximum atomic E-state index is 14.5. The second kappa shape index (κ2) is 21.8. The van der Waals surface area contributed by atoms with Gasteiger partial charge >= 0.3 is 35.6 Å². The van der Waals surface area contributed by atoms with Crippen LogP contribution in [0.5, 0.6) is 0 Å². The van der Waals surface area contributed by atoms with Crippen LogP contribution in [0.3, 0.4) is 0 Å². The van der Waals surface area contributed by atoms with Gasteiger partial charge in [-0.1, -0.05) is 4.98 Å². The van der Waals surface area contributed by atoms with Crippen LogP contribution in [0.15, 0.2) is 34.9 Å². The van der Waals surface area contributed by atoms with Crippen LogP contribution in [-0.4, -0.2) is 178 Å². The summed E-state index contributed by atoms with van der Waals surface area (Å²) in [7, 11) is -13.1. The Bertz CT molecular complexity index is 3510.